The average Bonchev–Trinajstić information content (AvgIpc) is 2.86. The van der Waals surface area contributed by atoms with E-state index >= 15 is 0 Å². The van der Waals surface area contributed by atoms with Crippen molar-refractivity contribution in [1.29, 1.82) is 0 Å². The number of hydrogen-bond donors (Lipinski definition) is 0. The van der Waals surface area contributed by atoms with Crippen LogP contribution in [0.2, 0.25) is 0 Å². The van der Waals surface area contributed by atoms with E-state index in [0.29, 0.717) is 17.1 Å². The summed E-state index contributed by atoms with van der Waals surface area (Å²) in [4.78, 5) is 26.4. The summed E-state index contributed by atoms with van der Waals surface area (Å²) in [7, 11) is 3.10. The molecule has 0 N–H and O–H groups in total. The SMILES string of the molecule is COc1ccc(C2=C(Cl)C(=O)N(Cc3ccccc3OC)C2=O)cc1. The van der Waals surface area contributed by atoms with Crippen molar-refractivity contribution < 1.29 is 19.1 Å². The number of hydrogen-bond acceptors (Lipinski definition) is 4. The highest BCUT2D eigenvalue weighted by Gasteiger charge is 2.38. The number of nitrogens with zero attached hydrogens (tertiary/aromatic N) is 1. The number of carbonyl (C=O) groups excluding carboxylic acids is 2. The highest BCUT2D eigenvalue weighted by Crippen LogP contribution is 2.34. The first-order chi connectivity index (χ1) is 12.1. The van der Waals surface area contributed by atoms with Gasteiger partial charge in [-0.25, -0.2) is 0 Å². The van der Waals surface area contributed by atoms with Crippen LogP contribution in [0.5, 0.6) is 11.5 Å². The van der Waals surface area contributed by atoms with Crippen LogP contribution in [-0.2, 0) is 16.1 Å². The third kappa shape index (κ3) is 3.10. The summed E-state index contributed by atoms with van der Waals surface area (Å²) in [6.45, 7) is 0.0948. The monoisotopic (exact) mass is 357 g/mol. The van der Waals surface area contributed by atoms with Gasteiger partial charge in [-0.05, 0) is 23.8 Å². The van der Waals surface area contributed by atoms with Crippen LogP contribution in [0, 0.1) is 0 Å². The van der Waals surface area contributed by atoms with E-state index in [1.54, 1.807) is 50.6 Å². The van der Waals surface area contributed by atoms with Crippen molar-refractivity contribution in [2.75, 3.05) is 14.2 Å². The first-order valence-corrected chi connectivity index (χ1v) is 7.97. The molecule has 0 spiro atoms. The maximum Gasteiger partial charge on any atom is 0.273 e. The Bertz CT molecular complexity index is 858. The number of halogens is 1. The molecule has 0 saturated heterocycles. The van der Waals surface area contributed by atoms with E-state index in [9.17, 15) is 9.59 Å². The zero-order valence-electron chi connectivity index (χ0n) is 13.8. The average molecular weight is 358 g/mol. The Hall–Kier alpha value is -2.79. The molecular weight excluding hydrogens is 342 g/mol. The van der Waals surface area contributed by atoms with Crippen molar-refractivity contribution >= 4 is 29.0 Å². The van der Waals surface area contributed by atoms with Gasteiger partial charge in [0.05, 0.1) is 26.3 Å². The number of carbonyl (C=O) groups is 2. The Morgan fingerprint density at radius 3 is 2.24 bits per heavy atom. The van der Waals surface area contributed by atoms with Crippen LogP contribution in [-0.4, -0.2) is 30.9 Å². The summed E-state index contributed by atoms with van der Waals surface area (Å²) < 4.78 is 10.4. The van der Waals surface area contributed by atoms with Gasteiger partial charge in [0.25, 0.3) is 11.8 Å². The normalized spacial score (nSPS) is 14.3. The molecule has 0 fully saturated rings. The van der Waals surface area contributed by atoms with E-state index in [0.717, 1.165) is 10.5 Å². The molecular formula is C19H16ClNO4. The second-order valence-electron chi connectivity index (χ2n) is 5.43. The summed E-state index contributed by atoms with van der Waals surface area (Å²) >= 11 is 6.17. The quantitative estimate of drug-likeness (QED) is 0.771. The van der Waals surface area contributed by atoms with E-state index in [1.165, 1.54) is 0 Å². The second kappa shape index (κ2) is 6.99. The van der Waals surface area contributed by atoms with Crippen LogP contribution < -0.4 is 9.47 Å². The molecule has 1 aliphatic heterocycles. The summed E-state index contributed by atoms with van der Waals surface area (Å²) in [6, 6.07) is 14.1. The molecule has 2 aromatic carbocycles. The van der Waals surface area contributed by atoms with Crippen molar-refractivity contribution in [3.05, 3.63) is 64.7 Å². The summed E-state index contributed by atoms with van der Waals surface area (Å²) in [5, 5.41) is -0.0786. The lowest BCUT2D eigenvalue weighted by Crippen LogP contribution is -2.30. The maximum absolute atomic E-state index is 12.8. The van der Waals surface area contributed by atoms with Gasteiger partial charge in [-0.1, -0.05) is 41.9 Å². The third-order valence-electron chi connectivity index (χ3n) is 4.01. The summed E-state index contributed by atoms with van der Waals surface area (Å²) in [5.74, 6) is 0.328. The number of benzene rings is 2. The topological polar surface area (TPSA) is 55.8 Å². The van der Waals surface area contributed by atoms with E-state index in [1.807, 2.05) is 12.1 Å². The molecule has 1 heterocycles. The summed E-state index contributed by atoms with van der Waals surface area (Å²) in [6.07, 6.45) is 0. The largest absolute Gasteiger partial charge is 0.497 e. The van der Waals surface area contributed by atoms with Gasteiger partial charge >= 0.3 is 0 Å². The number of ether oxygens (including phenoxy) is 2. The van der Waals surface area contributed by atoms with Crippen LogP contribution >= 0.6 is 11.6 Å². The second-order valence-corrected chi connectivity index (χ2v) is 5.80. The van der Waals surface area contributed by atoms with Gasteiger partial charge in [-0.3, -0.25) is 14.5 Å². The Labute approximate surface area is 150 Å². The highest BCUT2D eigenvalue weighted by molar-refractivity contribution is 6.55. The molecule has 0 saturated carbocycles. The van der Waals surface area contributed by atoms with Crippen molar-refractivity contribution in [2.24, 2.45) is 0 Å². The van der Waals surface area contributed by atoms with Crippen molar-refractivity contribution in [1.82, 2.24) is 4.90 Å². The minimum atomic E-state index is -0.511. The van der Waals surface area contributed by atoms with Gasteiger partial charge in [-0.15, -0.1) is 0 Å². The zero-order chi connectivity index (χ0) is 18.0. The fourth-order valence-electron chi connectivity index (χ4n) is 2.70. The molecule has 5 nitrogen and oxygen atoms in total. The molecule has 0 unspecified atom stereocenters. The van der Waals surface area contributed by atoms with Gasteiger partial charge in [0.2, 0.25) is 0 Å². The third-order valence-corrected chi connectivity index (χ3v) is 4.36. The fraction of sp³-hybridized carbons (Fsp3) is 0.158. The lowest BCUT2D eigenvalue weighted by atomic mass is 10.1. The van der Waals surface area contributed by atoms with Gasteiger partial charge in [0.15, 0.2) is 0 Å². The highest BCUT2D eigenvalue weighted by atomic mass is 35.5. The van der Waals surface area contributed by atoms with E-state index in [4.69, 9.17) is 21.1 Å². The van der Waals surface area contributed by atoms with Crippen LogP contribution in [0.25, 0.3) is 5.57 Å². The fourth-order valence-corrected chi connectivity index (χ4v) is 2.99. The van der Waals surface area contributed by atoms with E-state index in [2.05, 4.69) is 0 Å². The van der Waals surface area contributed by atoms with Crippen LogP contribution in [0.1, 0.15) is 11.1 Å². The lowest BCUT2D eigenvalue weighted by molar-refractivity contribution is -0.137. The minimum Gasteiger partial charge on any atom is -0.497 e. The summed E-state index contributed by atoms with van der Waals surface area (Å²) in [5.41, 5.74) is 1.50. The zero-order valence-corrected chi connectivity index (χ0v) is 14.5. The van der Waals surface area contributed by atoms with Gasteiger partial charge in [0.1, 0.15) is 16.5 Å². The Balaban J connectivity index is 1.90. The van der Waals surface area contributed by atoms with Crippen molar-refractivity contribution in [2.45, 2.75) is 6.54 Å². The van der Waals surface area contributed by atoms with Crippen molar-refractivity contribution in [3.8, 4) is 11.5 Å². The Morgan fingerprint density at radius 1 is 0.920 bits per heavy atom. The molecule has 0 bridgehead atoms. The molecule has 6 heteroatoms. The van der Waals surface area contributed by atoms with Gasteiger partial charge < -0.3 is 9.47 Å². The molecule has 2 aromatic rings. The number of para-hydroxylation sites is 1. The van der Waals surface area contributed by atoms with Crippen LogP contribution in [0.15, 0.2) is 53.6 Å². The Kier molecular flexibility index (Phi) is 4.76. The molecule has 0 aliphatic carbocycles. The molecule has 1 aliphatic rings. The Morgan fingerprint density at radius 2 is 1.60 bits per heavy atom. The van der Waals surface area contributed by atoms with Gasteiger partial charge in [0, 0.05) is 5.56 Å². The number of rotatable bonds is 5. The predicted molar refractivity (Wildman–Crippen MR) is 94.3 cm³/mol. The molecule has 2 amide bonds. The molecule has 0 aromatic heterocycles. The van der Waals surface area contributed by atoms with Crippen LogP contribution in [0.3, 0.4) is 0 Å². The number of imide groups is 1. The van der Waals surface area contributed by atoms with Crippen LogP contribution in [0.4, 0.5) is 0 Å². The minimum absolute atomic E-state index is 0.0786. The molecule has 25 heavy (non-hydrogen) atoms. The van der Waals surface area contributed by atoms with E-state index < -0.39 is 11.8 Å². The first-order valence-electron chi connectivity index (χ1n) is 7.59. The number of methoxy groups -OCH3 is 2. The number of amides is 2. The maximum atomic E-state index is 12.8. The standard InChI is InChI=1S/C19H16ClNO4/c1-24-14-9-7-12(8-10-14)16-17(20)19(23)21(18(16)22)11-13-5-3-4-6-15(13)25-2/h3-10H,11H2,1-2H3. The predicted octanol–water partition coefficient (Wildman–Crippen LogP) is 3.22. The molecule has 128 valence electrons. The molecule has 3 rings (SSSR count). The molecule has 0 radical (unpaired) electrons. The first kappa shape index (κ1) is 17.0. The lowest BCUT2D eigenvalue weighted by Gasteiger charge is -2.16. The smallest absolute Gasteiger partial charge is 0.273 e. The molecule has 0 atom stereocenters. The van der Waals surface area contributed by atoms with Crippen molar-refractivity contribution in [3.63, 3.8) is 0 Å². The van der Waals surface area contributed by atoms with E-state index in [-0.39, 0.29) is 17.2 Å². The van der Waals surface area contributed by atoms with Gasteiger partial charge in [-0.2, -0.15) is 0 Å².